The highest BCUT2D eigenvalue weighted by Crippen LogP contribution is 2.24. The van der Waals surface area contributed by atoms with Crippen LogP contribution < -0.4 is 10.6 Å². The van der Waals surface area contributed by atoms with E-state index in [1.165, 1.54) is 25.7 Å². The molecule has 14 heavy (non-hydrogen) atoms. The number of nitrogens with one attached hydrogen (secondary N) is 2. The highest BCUT2D eigenvalue weighted by molar-refractivity contribution is 5.78. The fourth-order valence-electron chi connectivity index (χ4n) is 2.48. The summed E-state index contributed by atoms with van der Waals surface area (Å²) in [7, 11) is 0. The maximum atomic E-state index is 11.0. The Bertz CT molecular complexity index is 209. The number of hydrogen-bond acceptors (Lipinski definition) is 2. The van der Waals surface area contributed by atoms with Gasteiger partial charge in [0.2, 0.25) is 5.91 Å². The summed E-state index contributed by atoms with van der Waals surface area (Å²) in [4.78, 5) is 11.0. The molecule has 0 aromatic heterocycles. The fourth-order valence-corrected chi connectivity index (χ4v) is 2.48. The van der Waals surface area contributed by atoms with Crippen molar-refractivity contribution in [2.45, 2.75) is 51.1 Å². The lowest BCUT2D eigenvalue weighted by Crippen LogP contribution is -2.41. The normalized spacial score (nSPS) is 38.4. The predicted molar refractivity (Wildman–Crippen MR) is 56.0 cm³/mol. The van der Waals surface area contributed by atoms with Crippen molar-refractivity contribution in [1.29, 1.82) is 0 Å². The van der Waals surface area contributed by atoms with Crippen molar-refractivity contribution >= 4 is 5.91 Å². The summed E-state index contributed by atoms with van der Waals surface area (Å²) in [5.41, 5.74) is 0. The second kappa shape index (κ2) is 4.30. The van der Waals surface area contributed by atoms with E-state index in [1.807, 2.05) is 0 Å². The molecule has 0 bridgehead atoms. The molecule has 2 fully saturated rings. The Balaban J connectivity index is 1.72. The van der Waals surface area contributed by atoms with Crippen LogP contribution >= 0.6 is 0 Å². The molecule has 2 N–H and O–H groups in total. The summed E-state index contributed by atoms with van der Waals surface area (Å²) in [6.07, 6.45) is 5.92. The molecule has 1 aliphatic carbocycles. The van der Waals surface area contributed by atoms with Gasteiger partial charge in [-0.1, -0.05) is 6.92 Å². The maximum absolute atomic E-state index is 11.0. The van der Waals surface area contributed by atoms with Crippen LogP contribution in [0.5, 0.6) is 0 Å². The minimum atomic E-state index is 0.201. The minimum absolute atomic E-state index is 0.201. The third-order valence-corrected chi connectivity index (χ3v) is 3.46. The molecule has 0 aromatic carbocycles. The minimum Gasteiger partial charge on any atom is -0.354 e. The lowest BCUT2D eigenvalue weighted by molar-refractivity contribution is -0.119. The van der Waals surface area contributed by atoms with Crippen molar-refractivity contribution in [1.82, 2.24) is 10.6 Å². The summed E-state index contributed by atoms with van der Waals surface area (Å²) in [5, 5.41) is 6.45. The molecule has 0 spiro atoms. The van der Waals surface area contributed by atoms with Gasteiger partial charge in [0.25, 0.3) is 0 Å². The van der Waals surface area contributed by atoms with Gasteiger partial charge in [0.1, 0.15) is 0 Å². The molecule has 1 saturated carbocycles. The number of amides is 1. The van der Waals surface area contributed by atoms with E-state index in [1.54, 1.807) is 0 Å². The van der Waals surface area contributed by atoms with Crippen molar-refractivity contribution in [3.05, 3.63) is 0 Å². The number of carbonyl (C=O) groups excluding carboxylic acids is 1. The molecule has 3 heteroatoms. The number of rotatable bonds is 2. The van der Waals surface area contributed by atoms with E-state index in [9.17, 15) is 4.79 Å². The van der Waals surface area contributed by atoms with Crippen LogP contribution in [0, 0.1) is 5.92 Å². The van der Waals surface area contributed by atoms with Gasteiger partial charge in [0, 0.05) is 25.0 Å². The van der Waals surface area contributed by atoms with Crippen LogP contribution in [0.3, 0.4) is 0 Å². The fraction of sp³-hybridized carbons (Fsp3) is 0.909. The molecule has 80 valence electrons. The van der Waals surface area contributed by atoms with Crippen molar-refractivity contribution in [3.63, 3.8) is 0 Å². The van der Waals surface area contributed by atoms with Gasteiger partial charge in [0.05, 0.1) is 0 Å². The first kappa shape index (κ1) is 9.97. The Morgan fingerprint density at radius 2 is 1.93 bits per heavy atom. The van der Waals surface area contributed by atoms with E-state index in [0.29, 0.717) is 18.5 Å². The van der Waals surface area contributed by atoms with Gasteiger partial charge >= 0.3 is 0 Å². The lowest BCUT2D eigenvalue weighted by atomic mass is 9.87. The number of hydrogen-bond donors (Lipinski definition) is 2. The molecular formula is C11H20N2O. The van der Waals surface area contributed by atoms with Crippen LogP contribution in [-0.2, 0) is 4.79 Å². The van der Waals surface area contributed by atoms with E-state index in [0.717, 1.165) is 12.5 Å². The van der Waals surface area contributed by atoms with Crippen LogP contribution in [0.15, 0.2) is 0 Å². The van der Waals surface area contributed by atoms with E-state index < -0.39 is 0 Å². The van der Waals surface area contributed by atoms with Crippen LogP contribution in [0.25, 0.3) is 0 Å². The molecule has 0 radical (unpaired) electrons. The zero-order chi connectivity index (χ0) is 9.97. The standard InChI is InChI=1S/C11H20N2O/c1-8-2-4-9(5-3-8)13-10-6-11(14)12-7-10/h8-10,13H,2-7H2,1H3,(H,12,14). The van der Waals surface area contributed by atoms with Gasteiger partial charge in [-0.15, -0.1) is 0 Å². The van der Waals surface area contributed by atoms with E-state index in [2.05, 4.69) is 17.6 Å². The second-order valence-corrected chi connectivity index (χ2v) is 4.83. The molecule has 1 saturated heterocycles. The van der Waals surface area contributed by atoms with Crippen LogP contribution in [-0.4, -0.2) is 24.5 Å². The Hall–Kier alpha value is -0.570. The molecule has 3 nitrogen and oxygen atoms in total. The molecule has 0 aromatic rings. The summed E-state index contributed by atoms with van der Waals surface area (Å²) >= 11 is 0. The van der Waals surface area contributed by atoms with Crippen molar-refractivity contribution in [2.75, 3.05) is 6.54 Å². The van der Waals surface area contributed by atoms with Gasteiger partial charge in [-0.25, -0.2) is 0 Å². The molecule has 1 amide bonds. The first-order chi connectivity index (χ1) is 6.74. The van der Waals surface area contributed by atoms with Gasteiger partial charge in [-0.05, 0) is 31.6 Å². The van der Waals surface area contributed by atoms with Crippen molar-refractivity contribution in [2.24, 2.45) is 5.92 Å². The molecule has 1 atom stereocenters. The Morgan fingerprint density at radius 1 is 1.21 bits per heavy atom. The third kappa shape index (κ3) is 2.47. The molecule has 2 aliphatic rings. The lowest BCUT2D eigenvalue weighted by Gasteiger charge is -2.29. The van der Waals surface area contributed by atoms with E-state index in [-0.39, 0.29) is 5.91 Å². The van der Waals surface area contributed by atoms with Crippen LogP contribution in [0.4, 0.5) is 0 Å². The smallest absolute Gasteiger partial charge is 0.221 e. The summed E-state index contributed by atoms with van der Waals surface area (Å²) in [6, 6.07) is 1.05. The topological polar surface area (TPSA) is 41.1 Å². The summed E-state index contributed by atoms with van der Waals surface area (Å²) in [5.74, 6) is 1.10. The highest BCUT2D eigenvalue weighted by atomic mass is 16.1. The zero-order valence-corrected chi connectivity index (χ0v) is 8.88. The average molecular weight is 196 g/mol. The monoisotopic (exact) mass is 196 g/mol. The third-order valence-electron chi connectivity index (χ3n) is 3.46. The average Bonchev–Trinajstić information content (AvgIpc) is 2.56. The van der Waals surface area contributed by atoms with Gasteiger partial charge < -0.3 is 10.6 Å². The first-order valence-corrected chi connectivity index (χ1v) is 5.77. The van der Waals surface area contributed by atoms with Crippen LogP contribution in [0.2, 0.25) is 0 Å². The summed E-state index contributed by atoms with van der Waals surface area (Å²) < 4.78 is 0. The van der Waals surface area contributed by atoms with Gasteiger partial charge in [-0.2, -0.15) is 0 Å². The second-order valence-electron chi connectivity index (χ2n) is 4.83. The summed E-state index contributed by atoms with van der Waals surface area (Å²) in [6.45, 7) is 3.15. The Labute approximate surface area is 85.6 Å². The van der Waals surface area contributed by atoms with E-state index >= 15 is 0 Å². The first-order valence-electron chi connectivity index (χ1n) is 5.77. The van der Waals surface area contributed by atoms with Crippen LogP contribution in [0.1, 0.15) is 39.0 Å². The predicted octanol–water partition coefficient (Wildman–Crippen LogP) is 1.04. The van der Waals surface area contributed by atoms with Gasteiger partial charge in [0.15, 0.2) is 0 Å². The van der Waals surface area contributed by atoms with Crippen molar-refractivity contribution in [3.8, 4) is 0 Å². The largest absolute Gasteiger partial charge is 0.354 e. The Kier molecular flexibility index (Phi) is 3.06. The number of carbonyl (C=O) groups is 1. The quantitative estimate of drug-likeness (QED) is 0.693. The molecule has 1 heterocycles. The highest BCUT2D eigenvalue weighted by Gasteiger charge is 2.25. The molecular weight excluding hydrogens is 176 g/mol. The van der Waals surface area contributed by atoms with Crippen molar-refractivity contribution < 1.29 is 4.79 Å². The molecule has 1 aliphatic heterocycles. The zero-order valence-electron chi connectivity index (χ0n) is 8.88. The molecule has 2 rings (SSSR count). The van der Waals surface area contributed by atoms with E-state index in [4.69, 9.17) is 0 Å². The molecule has 1 unspecified atom stereocenters. The maximum Gasteiger partial charge on any atom is 0.221 e. The SMILES string of the molecule is CC1CCC(NC2CNC(=O)C2)CC1. The van der Waals surface area contributed by atoms with Gasteiger partial charge in [-0.3, -0.25) is 4.79 Å². The Morgan fingerprint density at radius 3 is 2.50 bits per heavy atom.